The minimum Gasteiger partial charge on any atom is -0.525 e. The van der Waals surface area contributed by atoms with Crippen molar-refractivity contribution in [1.82, 2.24) is 4.90 Å². The van der Waals surface area contributed by atoms with Crippen LogP contribution >= 0.6 is 12.2 Å². The Hall–Kier alpha value is -0.0931. The molecule has 60 valence electrons. The Bertz CT molecular complexity index is 130. The highest BCUT2D eigenvalue weighted by Crippen LogP contribution is 2.04. The van der Waals surface area contributed by atoms with Crippen molar-refractivity contribution in [1.29, 1.82) is 0 Å². The van der Waals surface area contributed by atoms with Gasteiger partial charge in [-0.3, -0.25) is 0 Å². The lowest BCUT2D eigenvalue weighted by molar-refractivity contribution is 0.447. The van der Waals surface area contributed by atoms with Crippen LogP contribution in [0.2, 0.25) is 19.6 Å². The molecule has 2 nitrogen and oxygen atoms in total. The van der Waals surface area contributed by atoms with Gasteiger partial charge in [0.05, 0.1) is 0 Å². The van der Waals surface area contributed by atoms with E-state index in [1.807, 2.05) is 19.0 Å². The third-order valence-electron chi connectivity index (χ3n) is 0.759. The van der Waals surface area contributed by atoms with Gasteiger partial charge in [-0.05, 0) is 31.9 Å². The zero-order valence-corrected chi connectivity index (χ0v) is 9.08. The molecular formula is C6H15NOSSi. The van der Waals surface area contributed by atoms with Crippen molar-refractivity contribution in [3.63, 3.8) is 0 Å². The second-order valence-electron chi connectivity index (χ2n) is 3.37. The van der Waals surface area contributed by atoms with Crippen molar-refractivity contribution in [3.8, 4) is 0 Å². The monoisotopic (exact) mass is 177 g/mol. The number of hydrogen-bond donors (Lipinski definition) is 0. The maximum Gasteiger partial charge on any atom is 0.245 e. The van der Waals surface area contributed by atoms with E-state index in [4.69, 9.17) is 16.6 Å². The fourth-order valence-electron chi connectivity index (χ4n) is 0.353. The van der Waals surface area contributed by atoms with Crippen LogP contribution in [-0.2, 0) is 4.43 Å². The van der Waals surface area contributed by atoms with Gasteiger partial charge in [0.25, 0.3) is 0 Å². The molecule has 4 heteroatoms. The van der Waals surface area contributed by atoms with E-state index < -0.39 is 8.32 Å². The van der Waals surface area contributed by atoms with Gasteiger partial charge in [0.2, 0.25) is 13.5 Å². The summed E-state index contributed by atoms with van der Waals surface area (Å²) in [7, 11) is 2.32. The van der Waals surface area contributed by atoms with E-state index in [1.165, 1.54) is 0 Å². The molecule has 0 atom stereocenters. The average Bonchev–Trinajstić information content (AvgIpc) is 1.60. The molecule has 0 aromatic rings. The zero-order valence-electron chi connectivity index (χ0n) is 7.26. The van der Waals surface area contributed by atoms with Crippen LogP contribution in [0.5, 0.6) is 0 Å². The average molecular weight is 177 g/mol. The predicted molar refractivity (Wildman–Crippen MR) is 50.7 cm³/mol. The van der Waals surface area contributed by atoms with Gasteiger partial charge in [0.1, 0.15) is 0 Å². The SMILES string of the molecule is CN(C)C(=S)O[Si](C)(C)C. The molecular weight excluding hydrogens is 162 g/mol. The molecule has 0 spiro atoms. The largest absolute Gasteiger partial charge is 0.525 e. The first-order chi connectivity index (χ1) is 4.33. The summed E-state index contributed by atoms with van der Waals surface area (Å²) < 4.78 is 5.50. The quantitative estimate of drug-likeness (QED) is 0.447. The number of hydrogen-bond acceptors (Lipinski definition) is 2. The lowest BCUT2D eigenvalue weighted by atomic mass is 10.9. The Balaban J connectivity index is 3.81. The third-order valence-corrected chi connectivity index (χ3v) is 2.16. The van der Waals surface area contributed by atoms with E-state index in [9.17, 15) is 0 Å². The van der Waals surface area contributed by atoms with Gasteiger partial charge >= 0.3 is 0 Å². The number of thiocarbonyl (C=S) groups is 1. The molecule has 0 aromatic carbocycles. The Morgan fingerprint density at radius 1 is 1.30 bits per heavy atom. The van der Waals surface area contributed by atoms with Crippen LogP contribution < -0.4 is 0 Å². The van der Waals surface area contributed by atoms with Crippen LogP contribution in [0.25, 0.3) is 0 Å². The minimum absolute atomic E-state index is 0.596. The molecule has 0 radical (unpaired) electrons. The predicted octanol–water partition coefficient (Wildman–Crippen LogP) is 1.68. The molecule has 0 saturated heterocycles. The van der Waals surface area contributed by atoms with Gasteiger partial charge in [0.15, 0.2) is 0 Å². The zero-order chi connectivity index (χ0) is 8.36. The summed E-state index contributed by atoms with van der Waals surface area (Å²) in [5.41, 5.74) is 0. The molecule has 0 N–H and O–H groups in total. The first-order valence-corrected chi connectivity index (χ1v) is 7.05. The van der Waals surface area contributed by atoms with Crippen molar-refractivity contribution in [2.45, 2.75) is 19.6 Å². The van der Waals surface area contributed by atoms with Gasteiger partial charge in [-0.15, -0.1) is 0 Å². The third kappa shape index (κ3) is 4.75. The van der Waals surface area contributed by atoms with Crippen LogP contribution in [0.3, 0.4) is 0 Å². The van der Waals surface area contributed by atoms with Crippen LogP contribution in [-0.4, -0.2) is 32.5 Å². The molecule has 0 heterocycles. The first-order valence-electron chi connectivity index (χ1n) is 3.23. The molecule has 0 aliphatic carbocycles. The van der Waals surface area contributed by atoms with Crippen molar-refractivity contribution in [2.24, 2.45) is 0 Å². The van der Waals surface area contributed by atoms with Crippen molar-refractivity contribution in [2.75, 3.05) is 14.1 Å². The molecule has 0 aromatic heterocycles. The minimum atomic E-state index is -1.47. The fraction of sp³-hybridized carbons (Fsp3) is 0.833. The van der Waals surface area contributed by atoms with Crippen molar-refractivity contribution in [3.05, 3.63) is 0 Å². The summed E-state index contributed by atoms with van der Waals surface area (Å²) in [6.45, 7) is 6.34. The standard InChI is InChI=1S/C6H15NOSSi/c1-7(2)6(9)8-10(3,4)5/h1-5H3. The topological polar surface area (TPSA) is 12.5 Å². The molecule has 0 fully saturated rings. The Labute approximate surface area is 69.3 Å². The lowest BCUT2D eigenvalue weighted by Crippen LogP contribution is -2.34. The summed E-state index contributed by atoms with van der Waals surface area (Å²) in [4.78, 5) is 1.81. The van der Waals surface area contributed by atoms with E-state index in [0.29, 0.717) is 5.17 Å². The number of rotatable bonds is 1. The normalized spacial score (nSPS) is 10.9. The smallest absolute Gasteiger partial charge is 0.245 e. The highest BCUT2D eigenvalue weighted by atomic mass is 32.1. The van der Waals surface area contributed by atoms with E-state index in [0.717, 1.165) is 0 Å². The summed E-state index contributed by atoms with van der Waals surface area (Å²) in [6.07, 6.45) is 0. The summed E-state index contributed by atoms with van der Waals surface area (Å²) in [5, 5.41) is 0.596. The molecule has 0 amide bonds. The van der Waals surface area contributed by atoms with E-state index in [-0.39, 0.29) is 0 Å². The van der Waals surface area contributed by atoms with Gasteiger partial charge in [-0.25, -0.2) is 0 Å². The van der Waals surface area contributed by atoms with Crippen LogP contribution in [0, 0.1) is 0 Å². The van der Waals surface area contributed by atoms with Gasteiger partial charge in [-0.1, -0.05) is 0 Å². The molecule has 10 heavy (non-hydrogen) atoms. The summed E-state index contributed by atoms with van der Waals surface area (Å²) in [5.74, 6) is 0. The first kappa shape index (κ1) is 9.91. The van der Waals surface area contributed by atoms with Gasteiger partial charge in [-0.2, -0.15) is 0 Å². The van der Waals surface area contributed by atoms with Crippen LogP contribution in [0.4, 0.5) is 0 Å². The van der Waals surface area contributed by atoms with Crippen LogP contribution in [0.1, 0.15) is 0 Å². The molecule has 0 saturated carbocycles. The highest BCUT2D eigenvalue weighted by Gasteiger charge is 2.18. The molecule has 0 rings (SSSR count). The van der Waals surface area contributed by atoms with E-state index >= 15 is 0 Å². The van der Waals surface area contributed by atoms with Gasteiger partial charge in [0, 0.05) is 14.1 Å². The molecule has 0 unspecified atom stereocenters. The molecule has 0 aliphatic heterocycles. The second kappa shape index (κ2) is 3.34. The van der Waals surface area contributed by atoms with Crippen LogP contribution in [0.15, 0.2) is 0 Å². The Morgan fingerprint density at radius 2 is 1.70 bits per heavy atom. The highest BCUT2D eigenvalue weighted by molar-refractivity contribution is 7.80. The Kier molecular flexibility index (Phi) is 3.31. The molecule has 0 bridgehead atoms. The maximum atomic E-state index is 5.50. The summed E-state index contributed by atoms with van der Waals surface area (Å²) in [6, 6.07) is 0. The Morgan fingerprint density at radius 3 is 1.80 bits per heavy atom. The maximum absolute atomic E-state index is 5.50. The van der Waals surface area contributed by atoms with E-state index in [2.05, 4.69) is 19.6 Å². The van der Waals surface area contributed by atoms with E-state index in [1.54, 1.807) is 0 Å². The van der Waals surface area contributed by atoms with Crippen molar-refractivity contribution >= 4 is 25.7 Å². The second-order valence-corrected chi connectivity index (χ2v) is 8.15. The fourth-order valence-corrected chi connectivity index (χ4v) is 1.81. The number of nitrogens with zero attached hydrogens (tertiary/aromatic N) is 1. The van der Waals surface area contributed by atoms with Gasteiger partial charge < -0.3 is 9.33 Å². The lowest BCUT2D eigenvalue weighted by Gasteiger charge is -2.23. The summed E-state index contributed by atoms with van der Waals surface area (Å²) >= 11 is 4.96. The molecule has 0 aliphatic rings. The van der Waals surface area contributed by atoms with Crippen molar-refractivity contribution < 1.29 is 4.43 Å².